The van der Waals surface area contributed by atoms with Crippen molar-refractivity contribution in [2.75, 3.05) is 0 Å². The van der Waals surface area contributed by atoms with Crippen LogP contribution in [0.5, 0.6) is 0 Å². The molecular weight excluding hydrogens is 240 g/mol. The second-order valence-electron chi connectivity index (χ2n) is 5.68. The number of hydrogen-bond donors (Lipinski definition) is 0. The summed E-state index contributed by atoms with van der Waals surface area (Å²) in [5, 5.41) is 0. The first kappa shape index (κ1) is 13.0. The fourth-order valence-corrected chi connectivity index (χ4v) is 3.14. The van der Waals surface area contributed by atoms with E-state index in [9.17, 15) is 0 Å². The first-order valence-electron chi connectivity index (χ1n) is 7.54. The van der Waals surface area contributed by atoms with Gasteiger partial charge in [0.25, 0.3) is 0 Å². The van der Waals surface area contributed by atoms with Gasteiger partial charge in [-0.2, -0.15) is 0 Å². The van der Waals surface area contributed by atoms with Crippen LogP contribution < -0.4 is 0 Å². The van der Waals surface area contributed by atoms with E-state index in [1.807, 2.05) is 12.1 Å². The van der Waals surface area contributed by atoms with E-state index in [1.165, 1.54) is 48.8 Å². The molecular formula is C20H20. The van der Waals surface area contributed by atoms with Crippen molar-refractivity contribution < 1.29 is 0 Å². The summed E-state index contributed by atoms with van der Waals surface area (Å²) in [5.74, 6) is 3.44. The first-order valence-corrected chi connectivity index (χ1v) is 7.54. The van der Waals surface area contributed by atoms with Gasteiger partial charge in [-0.05, 0) is 47.6 Å². The summed E-state index contributed by atoms with van der Waals surface area (Å²) in [6.07, 6.45) is 12.3. The average Bonchev–Trinajstić information content (AvgIpc) is 2.56. The molecule has 0 atom stereocenters. The summed E-state index contributed by atoms with van der Waals surface area (Å²) in [7, 11) is 0. The highest BCUT2D eigenvalue weighted by Crippen LogP contribution is 2.33. The lowest BCUT2D eigenvalue weighted by Crippen LogP contribution is -2.04. The van der Waals surface area contributed by atoms with Crippen molar-refractivity contribution in [3.63, 3.8) is 0 Å². The van der Waals surface area contributed by atoms with Crippen LogP contribution in [0.4, 0.5) is 0 Å². The Labute approximate surface area is 121 Å². The molecule has 0 aliphatic heterocycles. The summed E-state index contributed by atoms with van der Waals surface area (Å²) in [4.78, 5) is 0. The van der Waals surface area contributed by atoms with Gasteiger partial charge < -0.3 is 0 Å². The SMILES string of the molecule is C#Cc1ccc(-c2ccc(C3CCCCC3)cc2)cc1. The first-order chi connectivity index (χ1) is 9.86. The summed E-state index contributed by atoms with van der Waals surface area (Å²) >= 11 is 0. The highest BCUT2D eigenvalue weighted by Gasteiger charge is 2.15. The van der Waals surface area contributed by atoms with Crippen LogP contribution in [0.15, 0.2) is 48.5 Å². The Balaban J connectivity index is 1.79. The Morgan fingerprint density at radius 3 is 1.85 bits per heavy atom. The minimum absolute atomic E-state index is 0.779. The van der Waals surface area contributed by atoms with Crippen LogP contribution in [0.3, 0.4) is 0 Å². The van der Waals surface area contributed by atoms with Gasteiger partial charge in [0.1, 0.15) is 0 Å². The molecule has 0 heterocycles. The van der Waals surface area contributed by atoms with Crippen LogP contribution in [0.1, 0.15) is 49.1 Å². The van der Waals surface area contributed by atoms with Gasteiger partial charge >= 0.3 is 0 Å². The molecule has 100 valence electrons. The van der Waals surface area contributed by atoms with Gasteiger partial charge in [0.2, 0.25) is 0 Å². The zero-order valence-electron chi connectivity index (χ0n) is 11.8. The summed E-state index contributed by atoms with van der Waals surface area (Å²) in [5.41, 5.74) is 4.95. The molecule has 1 aliphatic carbocycles. The van der Waals surface area contributed by atoms with Crippen LogP contribution >= 0.6 is 0 Å². The largest absolute Gasteiger partial charge is 0.115 e. The molecule has 0 radical (unpaired) electrons. The Hall–Kier alpha value is -2.00. The predicted molar refractivity (Wildman–Crippen MR) is 85.6 cm³/mol. The van der Waals surface area contributed by atoms with Gasteiger partial charge in [0.05, 0.1) is 0 Å². The standard InChI is InChI=1S/C20H20/c1-2-16-8-10-18(11-9-16)20-14-12-19(13-15-20)17-6-4-3-5-7-17/h1,8-15,17H,3-7H2. The second kappa shape index (κ2) is 5.97. The molecule has 2 aromatic rings. The Kier molecular flexibility index (Phi) is 3.88. The van der Waals surface area contributed by atoms with Crippen molar-refractivity contribution in [2.24, 2.45) is 0 Å². The molecule has 1 aliphatic rings. The third-order valence-electron chi connectivity index (χ3n) is 4.37. The van der Waals surface area contributed by atoms with Crippen molar-refractivity contribution in [1.82, 2.24) is 0 Å². The number of terminal acetylenes is 1. The fourth-order valence-electron chi connectivity index (χ4n) is 3.14. The van der Waals surface area contributed by atoms with Crippen LogP contribution in [-0.2, 0) is 0 Å². The molecule has 0 heteroatoms. The van der Waals surface area contributed by atoms with Gasteiger partial charge in [-0.1, -0.05) is 61.6 Å². The second-order valence-corrected chi connectivity index (χ2v) is 5.68. The Bertz CT molecular complexity index is 590. The molecule has 0 nitrogen and oxygen atoms in total. The smallest absolute Gasteiger partial charge is 0.0243 e. The summed E-state index contributed by atoms with van der Waals surface area (Å²) in [6, 6.07) is 17.3. The lowest BCUT2D eigenvalue weighted by atomic mass is 9.84. The number of hydrogen-bond acceptors (Lipinski definition) is 0. The van der Waals surface area contributed by atoms with E-state index in [0.717, 1.165) is 11.5 Å². The zero-order chi connectivity index (χ0) is 13.8. The highest BCUT2D eigenvalue weighted by atomic mass is 14.2. The molecule has 0 amide bonds. The molecule has 0 aromatic heterocycles. The van der Waals surface area contributed by atoms with Crippen molar-refractivity contribution in [3.8, 4) is 23.5 Å². The predicted octanol–water partition coefficient (Wildman–Crippen LogP) is 5.38. The minimum Gasteiger partial charge on any atom is -0.115 e. The van der Waals surface area contributed by atoms with Gasteiger partial charge in [0.15, 0.2) is 0 Å². The topological polar surface area (TPSA) is 0 Å². The summed E-state index contributed by atoms with van der Waals surface area (Å²) < 4.78 is 0. The maximum absolute atomic E-state index is 5.39. The van der Waals surface area contributed by atoms with Gasteiger partial charge in [-0.15, -0.1) is 6.42 Å². The van der Waals surface area contributed by atoms with E-state index in [1.54, 1.807) is 0 Å². The van der Waals surface area contributed by atoms with Crippen molar-refractivity contribution in [2.45, 2.75) is 38.0 Å². The van der Waals surface area contributed by atoms with Crippen LogP contribution in [0.25, 0.3) is 11.1 Å². The Morgan fingerprint density at radius 1 is 0.750 bits per heavy atom. The monoisotopic (exact) mass is 260 g/mol. The Morgan fingerprint density at radius 2 is 1.30 bits per heavy atom. The van der Waals surface area contributed by atoms with E-state index >= 15 is 0 Å². The normalized spacial score (nSPS) is 15.8. The number of benzene rings is 2. The lowest BCUT2D eigenvalue weighted by Gasteiger charge is -2.22. The molecule has 3 rings (SSSR count). The average molecular weight is 260 g/mol. The van der Waals surface area contributed by atoms with E-state index in [4.69, 9.17) is 6.42 Å². The lowest BCUT2D eigenvalue weighted by molar-refractivity contribution is 0.443. The molecule has 0 unspecified atom stereocenters. The molecule has 0 N–H and O–H groups in total. The van der Waals surface area contributed by atoms with E-state index in [2.05, 4.69) is 42.3 Å². The van der Waals surface area contributed by atoms with Crippen LogP contribution in [-0.4, -0.2) is 0 Å². The molecule has 20 heavy (non-hydrogen) atoms. The molecule has 2 aromatic carbocycles. The molecule has 0 spiro atoms. The maximum atomic E-state index is 5.39. The van der Waals surface area contributed by atoms with Crippen LogP contribution in [0, 0.1) is 12.3 Å². The third-order valence-corrected chi connectivity index (χ3v) is 4.37. The van der Waals surface area contributed by atoms with Crippen molar-refractivity contribution in [1.29, 1.82) is 0 Å². The fraction of sp³-hybridized carbons (Fsp3) is 0.300. The molecule has 1 saturated carbocycles. The van der Waals surface area contributed by atoms with Gasteiger partial charge in [-0.3, -0.25) is 0 Å². The van der Waals surface area contributed by atoms with Gasteiger partial charge in [-0.25, -0.2) is 0 Å². The quantitative estimate of drug-likeness (QED) is 0.636. The minimum atomic E-state index is 0.779. The van der Waals surface area contributed by atoms with Crippen LogP contribution in [0.2, 0.25) is 0 Å². The third kappa shape index (κ3) is 2.78. The highest BCUT2D eigenvalue weighted by molar-refractivity contribution is 5.64. The van der Waals surface area contributed by atoms with Crippen molar-refractivity contribution in [3.05, 3.63) is 59.7 Å². The zero-order valence-corrected chi connectivity index (χ0v) is 11.8. The van der Waals surface area contributed by atoms with E-state index < -0.39 is 0 Å². The maximum Gasteiger partial charge on any atom is 0.0243 e. The molecule has 0 bridgehead atoms. The van der Waals surface area contributed by atoms with E-state index in [0.29, 0.717) is 0 Å². The number of rotatable bonds is 2. The molecule has 0 saturated heterocycles. The van der Waals surface area contributed by atoms with Gasteiger partial charge in [0, 0.05) is 5.56 Å². The van der Waals surface area contributed by atoms with E-state index in [-0.39, 0.29) is 0 Å². The summed E-state index contributed by atoms with van der Waals surface area (Å²) in [6.45, 7) is 0. The molecule has 1 fully saturated rings. The van der Waals surface area contributed by atoms with Crippen molar-refractivity contribution >= 4 is 0 Å².